The molecule has 0 aromatic heterocycles. The van der Waals surface area contributed by atoms with Crippen LogP contribution >= 0.6 is 0 Å². The number of fused-ring (bicyclic) bond motifs is 2. The number of hydrogen-bond acceptors (Lipinski definition) is 6. The molecule has 0 amide bonds. The summed E-state index contributed by atoms with van der Waals surface area (Å²) in [6.07, 6.45) is 0. The Kier molecular flexibility index (Phi) is 4.83. The summed E-state index contributed by atoms with van der Waals surface area (Å²) in [5, 5.41) is 22.2. The van der Waals surface area contributed by atoms with Crippen molar-refractivity contribution in [3.05, 3.63) is 118 Å². The molecule has 0 heterocycles. The van der Waals surface area contributed by atoms with Crippen molar-refractivity contribution in [1.29, 1.82) is 0 Å². The van der Waals surface area contributed by atoms with Gasteiger partial charge < -0.3 is 10.2 Å². The average Bonchev–Trinajstić information content (AvgIpc) is 2.86. The summed E-state index contributed by atoms with van der Waals surface area (Å²) in [7, 11) is 0. The molecule has 7 heteroatoms. The Morgan fingerprint density at radius 3 is 1.32 bits per heavy atom. The van der Waals surface area contributed by atoms with Gasteiger partial charge in [-0.2, -0.15) is 0 Å². The van der Waals surface area contributed by atoms with Crippen LogP contribution in [0, 0.1) is 5.82 Å². The van der Waals surface area contributed by atoms with Gasteiger partial charge in [0.15, 0.2) is 0 Å². The fraction of sp³-hybridized carbons (Fsp3) is 0.0370. The largest absolute Gasteiger partial charge is 0.507 e. The van der Waals surface area contributed by atoms with Crippen molar-refractivity contribution in [2.24, 2.45) is 0 Å². The molecule has 2 aliphatic rings. The minimum absolute atomic E-state index is 0.0128. The fourth-order valence-corrected chi connectivity index (χ4v) is 4.44. The number of aliphatic hydroxyl groups is 2. The minimum atomic E-state index is -1.50. The fourth-order valence-electron chi connectivity index (χ4n) is 4.44. The third-order valence-corrected chi connectivity index (χ3v) is 6.05. The first-order chi connectivity index (χ1) is 16.3. The van der Waals surface area contributed by atoms with Crippen LogP contribution in [-0.2, 0) is 9.59 Å². The van der Waals surface area contributed by atoms with Gasteiger partial charge in [0.25, 0.3) is 0 Å². The standard InChI is InChI=1S/C27H15FO6/c28-14-11-9-13(10-12-14)19(20-22(29)15-5-1-3-7-17(15)24(31)26(20)33)21-23(30)16-6-2-4-8-18(16)25(32)27(21)34/h1-12,19,29-30H. The van der Waals surface area contributed by atoms with Gasteiger partial charge in [-0.15, -0.1) is 0 Å². The highest BCUT2D eigenvalue weighted by molar-refractivity contribution is 6.55. The first-order valence-electron chi connectivity index (χ1n) is 10.3. The first kappa shape index (κ1) is 21.2. The van der Waals surface area contributed by atoms with E-state index in [1.807, 2.05) is 0 Å². The molecule has 0 aliphatic heterocycles. The molecule has 2 aliphatic carbocycles. The molecular formula is C27H15FO6. The molecule has 2 N–H and O–H groups in total. The van der Waals surface area contributed by atoms with E-state index >= 15 is 0 Å². The van der Waals surface area contributed by atoms with Crippen molar-refractivity contribution in [2.45, 2.75) is 5.92 Å². The van der Waals surface area contributed by atoms with Gasteiger partial charge in [0, 0.05) is 28.2 Å². The van der Waals surface area contributed by atoms with E-state index in [1.165, 1.54) is 48.5 Å². The zero-order valence-electron chi connectivity index (χ0n) is 17.4. The predicted octanol–water partition coefficient (Wildman–Crippen LogP) is 4.38. The van der Waals surface area contributed by atoms with Crippen LogP contribution in [0.1, 0.15) is 43.3 Å². The molecule has 6 nitrogen and oxygen atoms in total. The number of aliphatic hydroxyl groups excluding tert-OH is 2. The van der Waals surface area contributed by atoms with Crippen LogP contribution in [0.25, 0.3) is 11.5 Å². The summed E-state index contributed by atoms with van der Waals surface area (Å²) >= 11 is 0. The quantitative estimate of drug-likeness (QED) is 0.569. The lowest BCUT2D eigenvalue weighted by molar-refractivity contribution is -0.112. The third-order valence-electron chi connectivity index (χ3n) is 6.05. The van der Waals surface area contributed by atoms with E-state index in [-0.39, 0.29) is 27.8 Å². The molecule has 0 fully saturated rings. The van der Waals surface area contributed by atoms with Gasteiger partial charge >= 0.3 is 0 Å². The molecule has 0 radical (unpaired) electrons. The van der Waals surface area contributed by atoms with E-state index < -0.39 is 57.5 Å². The van der Waals surface area contributed by atoms with Gasteiger partial charge in [-0.1, -0.05) is 60.7 Å². The maximum Gasteiger partial charge on any atom is 0.234 e. The van der Waals surface area contributed by atoms with Crippen LogP contribution in [0.5, 0.6) is 0 Å². The molecule has 3 aromatic rings. The molecule has 34 heavy (non-hydrogen) atoms. The molecule has 0 saturated carbocycles. The highest BCUT2D eigenvalue weighted by Gasteiger charge is 2.44. The Morgan fingerprint density at radius 1 is 0.529 bits per heavy atom. The molecule has 0 saturated heterocycles. The van der Waals surface area contributed by atoms with Crippen molar-refractivity contribution in [3.8, 4) is 0 Å². The molecule has 0 unspecified atom stereocenters. The van der Waals surface area contributed by atoms with Gasteiger partial charge in [0.2, 0.25) is 23.1 Å². The monoisotopic (exact) mass is 454 g/mol. The van der Waals surface area contributed by atoms with E-state index in [0.29, 0.717) is 0 Å². The highest BCUT2D eigenvalue weighted by Crippen LogP contribution is 2.44. The topological polar surface area (TPSA) is 109 Å². The third kappa shape index (κ3) is 3.02. The zero-order valence-corrected chi connectivity index (χ0v) is 17.4. The molecule has 0 atom stereocenters. The lowest BCUT2D eigenvalue weighted by atomic mass is 9.72. The number of allylic oxidation sites excluding steroid dienone is 2. The number of ketones is 4. The van der Waals surface area contributed by atoms with Crippen molar-refractivity contribution in [2.75, 3.05) is 0 Å². The maximum absolute atomic E-state index is 13.7. The van der Waals surface area contributed by atoms with E-state index in [4.69, 9.17) is 0 Å². The van der Waals surface area contributed by atoms with E-state index in [9.17, 15) is 33.8 Å². The second-order valence-electron chi connectivity index (χ2n) is 7.92. The molecular weight excluding hydrogens is 439 g/mol. The molecule has 166 valence electrons. The maximum atomic E-state index is 13.7. The minimum Gasteiger partial charge on any atom is -0.507 e. The first-order valence-corrected chi connectivity index (χ1v) is 10.3. The SMILES string of the molecule is O=C1C(=O)c2ccccc2C(O)=C1C(C1=C(O)c2ccccc2C(=O)C1=O)c1ccc(F)cc1. The van der Waals surface area contributed by atoms with Gasteiger partial charge in [-0.25, -0.2) is 4.39 Å². The van der Waals surface area contributed by atoms with Gasteiger partial charge in [-0.05, 0) is 17.7 Å². The van der Waals surface area contributed by atoms with E-state index in [1.54, 1.807) is 12.1 Å². The van der Waals surface area contributed by atoms with Crippen molar-refractivity contribution < 1.29 is 33.8 Å². The number of rotatable bonds is 3. The Balaban J connectivity index is 1.85. The molecule has 5 rings (SSSR count). The summed E-state index contributed by atoms with van der Waals surface area (Å²) in [5.41, 5.74) is -0.698. The van der Waals surface area contributed by atoms with Gasteiger partial charge in [0.1, 0.15) is 17.3 Å². The van der Waals surface area contributed by atoms with Crippen LogP contribution in [0.15, 0.2) is 83.9 Å². The second kappa shape index (κ2) is 7.74. The van der Waals surface area contributed by atoms with Crippen LogP contribution in [0.3, 0.4) is 0 Å². The normalized spacial score (nSPS) is 15.7. The summed E-state index contributed by atoms with van der Waals surface area (Å²) in [6, 6.07) is 16.5. The molecule has 0 spiro atoms. The van der Waals surface area contributed by atoms with E-state index in [0.717, 1.165) is 12.1 Å². The summed E-state index contributed by atoms with van der Waals surface area (Å²) in [4.78, 5) is 52.2. The summed E-state index contributed by atoms with van der Waals surface area (Å²) in [6.45, 7) is 0. The Bertz CT molecular complexity index is 1400. The van der Waals surface area contributed by atoms with Crippen LogP contribution in [0.2, 0.25) is 0 Å². The number of carbonyl (C=O) groups is 4. The van der Waals surface area contributed by atoms with Crippen LogP contribution in [-0.4, -0.2) is 33.3 Å². The zero-order chi connectivity index (χ0) is 24.1. The lowest BCUT2D eigenvalue weighted by Crippen LogP contribution is -2.33. The predicted molar refractivity (Wildman–Crippen MR) is 120 cm³/mol. The Labute approximate surface area is 192 Å². The highest BCUT2D eigenvalue weighted by atomic mass is 19.1. The van der Waals surface area contributed by atoms with Crippen molar-refractivity contribution in [1.82, 2.24) is 0 Å². The van der Waals surface area contributed by atoms with Crippen LogP contribution in [0.4, 0.5) is 4.39 Å². The molecule has 3 aromatic carbocycles. The summed E-state index contributed by atoms with van der Waals surface area (Å²) in [5.74, 6) is -7.24. The van der Waals surface area contributed by atoms with Gasteiger partial charge in [-0.3, -0.25) is 19.2 Å². The lowest BCUT2D eigenvalue weighted by Gasteiger charge is -2.29. The number of benzene rings is 3. The number of Topliss-reactive ketones (excluding diaryl/α,β-unsaturated/α-hetero) is 4. The van der Waals surface area contributed by atoms with Crippen molar-refractivity contribution in [3.63, 3.8) is 0 Å². The number of halogens is 1. The van der Waals surface area contributed by atoms with Crippen molar-refractivity contribution >= 4 is 34.7 Å². The second-order valence-corrected chi connectivity index (χ2v) is 7.92. The van der Waals surface area contributed by atoms with E-state index in [2.05, 4.69) is 0 Å². The molecule has 0 bridgehead atoms. The number of carbonyl (C=O) groups excluding carboxylic acids is 4. The smallest absolute Gasteiger partial charge is 0.234 e. The Hall–Kier alpha value is -4.65. The van der Waals surface area contributed by atoms with Gasteiger partial charge in [0.05, 0.1) is 11.1 Å². The summed E-state index contributed by atoms with van der Waals surface area (Å²) < 4.78 is 13.7. The average molecular weight is 454 g/mol. The van der Waals surface area contributed by atoms with Crippen LogP contribution < -0.4 is 0 Å². The number of hydrogen-bond donors (Lipinski definition) is 2. The Morgan fingerprint density at radius 2 is 0.912 bits per heavy atom.